The van der Waals surface area contributed by atoms with Crippen molar-refractivity contribution >= 4 is 23.7 Å². The SMILES string of the molecule is C=C(CCl)CC1(C(=O)OC)C[C@H](OC)CN1C(=O)OC(C)(C)C. The van der Waals surface area contributed by atoms with Gasteiger partial charge >= 0.3 is 12.1 Å². The van der Waals surface area contributed by atoms with Crippen LogP contribution in [0.3, 0.4) is 0 Å². The molecule has 1 saturated heterocycles. The molecular weight excluding hydrogens is 322 g/mol. The van der Waals surface area contributed by atoms with E-state index < -0.39 is 23.2 Å². The lowest BCUT2D eigenvalue weighted by atomic mass is 9.88. The molecular formula is C16H26ClNO5. The molecule has 6 nitrogen and oxygen atoms in total. The van der Waals surface area contributed by atoms with Crippen molar-refractivity contribution in [3.8, 4) is 0 Å². The first kappa shape index (κ1) is 19.8. The van der Waals surface area contributed by atoms with Crippen molar-refractivity contribution in [3.63, 3.8) is 0 Å². The van der Waals surface area contributed by atoms with Gasteiger partial charge in [0.15, 0.2) is 0 Å². The molecule has 0 radical (unpaired) electrons. The third-order valence-corrected chi connectivity index (χ3v) is 4.09. The predicted molar refractivity (Wildman–Crippen MR) is 87.6 cm³/mol. The Hall–Kier alpha value is -1.27. The third kappa shape index (κ3) is 4.61. The second-order valence-electron chi connectivity index (χ2n) is 6.74. The molecule has 1 fully saturated rings. The molecule has 0 aliphatic carbocycles. The van der Waals surface area contributed by atoms with Crippen molar-refractivity contribution in [1.82, 2.24) is 4.90 Å². The molecule has 0 aromatic heterocycles. The highest BCUT2D eigenvalue weighted by Gasteiger charge is 2.55. The molecule has 1 rings (SSSR count). The van der Waals surface area contributed by atoms with Gasteiger partial charge in [-0.3, -0.25) is 4.90 Å². The number of halogens is 1. The van der Waals surface area contributed by atoms with Crippen LogP contribution in [0.25, 0.3) is 0 Å². The number of rotatable bonds is 5. The van der Waals surface area contributed by atoms with Gasteiger partial charge < -0.3 is 14.2 Å². The second-order valence-corrected chi connectivity index (χ2v) is 7.00. The summed E-state index contributed by atoms with van der Waals surface area (Å²) in [5.41, 5.74) is -1.24. The van der Waals surface area contributed by atoms with Crippen LogP contribution in [0.1, 0.15) is 33.6 Å². The van der Waals surface area contributed by atoms with Crippen molar-refractivity contribution in [2.75, 3.05) is 26.6 Å². The van der Waals surface area contributed by atoms with Crippen LogP contribution in [0, 0.1) is 0 Å². The Kier molecular flexibility index (Phi) is 6.48. The number of methoxy groups -OCH3 is 2. The maximum Gasteiger partial charge on any atom is 0.411 e. The van der Waals surface area contributed by atoms with Crippen molar-refractivity contribution in [3.05, 3.63) is 12.2 Å². The van der Waals surface area contributed by atoms with E-state index in [-0.39, 0.29) is 24.9 Å². The van der Waals surface area contributed by atoms with Crippen LogP contribution in [-0.4, -0.2) is 60.9 Å². The molecule has 7 heteroatoms. The molecule has 23 heavy (non-hydrogen) atoms. The fraction of sp³-hybridized carbons (Fsp3) is 0.750. The van der Waals surface area contributed by atoms with Crippen LogP contribution < -0.4 is 0 Å². The van der Waals surface area contributed by atoms with E-state index in [0.29, 0.717) is 12.0 Å². The van der Waals surface area contributed by atoms with E-state index in [2.05, 4.69) is 6.58 Å². The lowest BCUT2D eigenvalue weighted by molar-refractivity contribution is -0.153. The third-order valence-electron chi connectivity index (χ3n) is 3.71. The Labute approximate surface area is 142 Å². The molecule has 0 spiro atoms. The van der Waals surface area contributed by atoms with E-state index >= 15 is 0 Å². The molecule has 1 unspecified atom stereocenters. The smallest absolute Gasteiger partial charge is 0.411 e. The van der Waals surface area contributed by atoms with Crippen LogP contribution >= 0.6 is 11.6 Å². The fourth-order valence-electron chi connectivity index (χ4n) is 2.74. The van der Waals surface area contributed by atoms with E-state index in [0.717, 1.165) is 0 Å². The van der Waals surface area contributed by atoms with E-state index in [1.54, 1.807) is 27.9 Å². The number of nitrogens with zero attached hydrogens (tertiary/aromatic N) is 1. The normalized spacial score (nSPS) is 24.4. The topological polar surface area (TPSA) is 65.1 Å². The highest BCUT2D eigenvalue weighted by molar-refractivity contribution is 6.19. The maximum absolute atomic E-state index is 12.6. The summed E-state index contributed by atoms with van der Waals surface area (Å²) in [5, 5.41) is 0. The molecule has 0 N–H and O–H groups in total. The molecule has 2 atom stereocenters. The van der Waals surface area contributed by atoms with Crippen molar-refractivity contribution < 1.29 is 23.8 Å². The number of likely N-dealkylation sites (tertiary alicyclic amines) is 1. The maximum atomic E-state index is 12.6. The molecule has 0 aromatic carbocycles. The van der Waals surface area contributed by atoms with Crippen molar-refractivity contribution in [1.29, 1.82) is 0 Å². The van der Waals surface area contributed by atoms with Crippen LogP contribution in [0.2, 0.25) is 0 Å². The van der Waals surface area contributed by atoms with E-state index in [9.17, 15) is 9.59 Å². The Morgan fingerprint density at radius 1 is 1.35 bits per heavy atom. The zero-order chi connectivity index (χ0) is 17.8. The van der Waals surface area contributed by atoms with Crippen molar-refractivity contribution in [2.24, 2.45) is 0 Å². The Balaban J connectivity index is 3.21. The Morgan fingerprint density at radius 2 is 1.96 bits per heavy atom. The van der Waals surface area contributed by atoms with Gasteiger partial charge in [-0.1, -0.05) is 12.2 Å². The average molecular weight is 348 g/mol. The van der Waals surface area contributed by atoms with E-state index in [1.165, 1.54) is 12.0 Å². The molecule has 1 amide bonds. The molecule has 1 heterocycles. The molecule has 132 valence electrons. The number of alkyl halides is 1. The summed E-state index contributed by atoms with van der Waals surface area (Å²) in [6, 6.07) is 0. The van der Waals surface area contributed by atoms with Crippen LogP contribution in [0.15, 0.2) is 12.2 Å². The number of ether oxygens (including phenoxy) is 3. The minimum atomic E-state index is -1.20. The summed E-state index contributed by atoms with van der Waals surface area (Å²) in [6.07, 6.45) is -0.345. The van der Waals surface area contributed by atoms with Gasteiger partial charge in [-0.15, -0.1) is 11.6 Å². The van der Waals surface area contributed by atoms with Gasteiger partial charge in [0.1, 0.15) is 11.1 Å². The average Bonchev–Trinajstić information content (AvgIpc) is 2.84. The number of carbonyl (C=O) groups is 2. The highest BCUT2D eigenvalue weighted by Crippen LogP contribution is 2.38. The zero-order valence-electron chi connectivity index (χ0n) is 14.5. The van der Waals surface area contributed by atoms with Gasteiger partial charge in [0, 0.05) is 25.8 Å². The minimum Gasteiger partial charge on any atom is -0.467 e. The largest absolute Gasteiger partial charge is 0.467 e. The molecule has 1 aliphatic rings. The second kappa shape index (κ2) is 7.53. The molecule has 0 bridgehead atoms. The predicted octanol–water partition coefficient (Wildman–Crippen LogP) is 2.74. The molecule has 0 aromatic rings. The van der Waals surface area contributed by atoms with Gasteiger partial charge in [-0.25, -0.2) is 9.59 Å². The quantitative estimate of drug-likeness (QED) is 0.434. The number of esters is 1. The summed E-state index contributed by atoms with van der Waals surface area (Å²) in [4.78, 5) is 26.5. The standard InChI is InChI=1S/C16H26ClNO5/c1-11(9-17)7-16(13(19)22-6)8-12(21-5)10-18(16)14(20)23-15(2,3)4/h12H,1,7-10H2,2-6H3/t12-,16?/m0/s1. The summed E-state index contributed by atoms with van der Waals surface area (Å²) >= 11 is 5.83. The van der Waals surface area contributed by atoms with Gasteiger partial charge in [0.25, 0.3) is 0 Å². The number of hydrogen-bond donors (Lipinski definition) is 0. The van der Waals surface area contributed by atoms with Crippen LogP contribution in [0.4, 0.5) is 4.79 Å². The number of amides is 1. The summed E-state index contributed by atoms with van der Waals surface area (Å²) in [5.74, 6) is -0.326. The number of carbonyl (C=O) groups excluding carboxylic acids is 2. The molecule has 0 saturated carbocycles. The van der Waals surface area contributed by atoms with Crippen LogP contribution in [-0.2, 0) is 19.0 Å². The first-order valence-corrected chi connectivity index (χ1v) is 7.97. The fourth-order valence-corrected chi connectivity index (χ4v) is 2.83. The first-order chi connectivity index (χ1) is 10.6. The summed E-state index contributed by atoms with van der Waals surface area (Å²) in [7, 11) is 2.84. The zero-order valence-corrected chi connectivity index (χ0v) is 15.2. The van der Waals surface area contributed by atoms with Gasteiger partial charge in [0.05, 0.1) is 19.8 Å². The Bertz CT molecular complexity index is 474. The first-order valence-electron chi connectivity index (χ1n) is 7.44. The van der Waals surface area contributed by atoms with E-state index in [4.69, 9.17) is 25.8 Å². The van der Waals surface area contributed by atoms with Crippen LogP contribution in [0.5, 0.6) is 0 Å². The van der Waals surface area contributed by atoms with Gasteiger partial charge in [-0.2, -0.15) is 0 Å². The highest BCUT2D eigenvalue weighted by atomic mass is 35.5. The lowest BCUT2D eigenvalue weighted by Gasteiger charge is -2.36. The Morgan fingerprint density at radius 3 is 2.39 bits per heavy atom. The van der Waals surface area contributed by atoms with Crippen molar-refractivity contribution in [2.45, 2.75) is 50.9 Å². The van der Waals surface area contributed by atoms with E-state index in [1.807, 2.05) is 0 Å². The summed E-state index contributed by atoms with van der Waals surface area (Å²) in [6.45, 7) is 9.41. The van der Waals surface area contributed by atoms with Gasteiger partial charge in [0.2, 0.25) is 0 Å². The lowest BCUT2D eigenvalue weighted by Crippen LogP contribution is -2.55. The number of hydrogen-bond acceptors (Lipinski definition) is 5. The minimum absolute atomic E-state index is 0.193. The molecule has 1 aliphatic heterocycles. The monoisotopic (exact) mass is 347 g/mol. The summed E-state index contributed by atoms with van der Waals surface area (Å²) < 4.78 is 15.8. The van der Waals surface area contributed by atoms with Gasteiger partial charge in [-0.05, 0) is 20.8 Å².